The molecule has 0 saturated heterocycles. The van der Waals surface area contributed by atoms with Crippen molar-refractivity contribution >= 4 is 12.4 Å². The number of nitrogens with zero attached hydrogens (tertiary/aromatic N) is 1. The van der Waals surface area contributed by atoms with Gasteiger partial charge in [-0.1, -0.05) is 26.7 Å². The minimum absolute atomic E-state index is 0.419. The van der Waals surface area contributed by atoms with Crippen LogP contribution in [0, 0.1) is 11.8 Å². The lowest BCUT2D eigenvalue weighted by Gasteiger charge is -2.42. The van der Waals surface area contributed by atoms with Crippen LogP contribution in [0.5, 0.6) is 0 Å². The molecule has 0 radical (unpaired) electrons. The maximum absolute atomic E-state index is 11.5. The smallest absolute Gasteiger partial charge is 0.329 e. The lowest BCUT2D eigenvalue weighted by atomic mass is 9.72. The van der Waals surface area contributed by atoms with Gasteiger partial charge in [0, 0.05) is 7.05 Å². The van der Waals surface area contributed by atoms with Crippen molar-refractivity contribution < 1.29 is 14.7 Å². The largest absolute Gasteiger partial charge is 0.479 e. The SMILES string of the molecule is CC(C)CC1CCCC(C(=O)O)(N(C)C=O)C1. The van der Waals surface area contributed by atoms with Crippen LogP contribution in [-0.2, 0) is 9.59 Å². The van der Waals surface area contributed by atoms with Crippen LogP contribution in [0.2, 0.25) is 0 Å². The van der Waals surface area contributed by atoms with Gasteiger partial charge in [-0.15, -0.1) is 0 Å². The quantitative estimate of drug-likeness (QED) is 0.750. The van der Waals surface area contributed by atoms with E-state index in [4.69, 9.17) is 0 Å². The summed E-state index contributed by atoms with van der Waals surface area (Å²) >= 11 is 0. The Bertz CT molecular complexity index is 290. The van der Waals surface area contributed by atoms with E-state index in [2.05, 4.69) is 13.8 Å². The number of hydrogen-bond donors (Lipinski definition) is 1. The molecule has 1 rings (SSSR count). The summed E-state index contributed by atoms with van der Waals surface area (Å²) < 4.78 is 0. The summed E-state index contributed by atoms with van der Waals surface area (Å²) in [6.07, 6.45) is 4.83. The van der Waals surface area contributed by atoms with E-state index in [1.165, 1.54) is 4.90 Å². The highest BCUT2D eigenvalue weighted by Gasteiger charge is 2.45. The van der Waals surface area contributed by atoms with E-state index in [0.717, 1.165) is 19.3 Å². The third kappa shape index (κ3) is 2.99. The number of aliphatic carboxylic acids is 1. The highest BCUT2D eigenvalue weighted by Crippen LogP contribution is 2.38. The van der Waals surface area contributed by atoms with Gasteiger partial charge in [0.2, 0.25) is 6.41 Å². The van der Waals surface area contributed by atoms with Crippen LogP contribution in [0.15, 0.2) is 0 Å². The molecular formula is C13H23NO3. The standard InChI is InChI=1S/C13H23NO3/c1-10(2)7-11-5-4-6-13(8-11,12(16)17)14(3)9-15/h9-11H,4-8H2,1-3H3,(H,16,17). The molecule has 0 aliphatic heterocycles. The number of carboxylic acids is 1. The van der Waals surface area contributed by atoms with E-state index in [1.54, 1.807) is 7.05 Å². The summed E-state index contributed by atoms with van der Waals surface area (Å²) in [6.45, 7) is 4.31. The van der Waals surface area contributed by atoms with Crippen LogP contribution >= 0.6 is 0 Å². The normalized spacial score (nSPS) is 29.1. The van der Waals surface area contributed by atoms with Gasteiger partial charge in [-0.05, 0) is 31.1 Å². The molecule has 1 saturated carbocycles. The van der Waals surface area contributed by atoms with Crippen molar-refractivity contribution in [3.63, 3.8) is 0 Å². The van der Waals surface area contributed by atoms with Crippen molar-refractivity contribution in [3.8, 4) is 0 Å². The highest BCUT2D eigenvalue weighted by atomic mass is 16.4. The van der Waals surface area contributed by atoms with Crippen LogP contribution in [-0.4, -0.2) is 35.0 Å². The van der Waals surface area contributed by atoms with Gasteiger partial charge in [0.05, 0.1) is 0 Å². The van der Waals surface area contributed by atoms with Gasteiger partial charge in [0.1, 0.15) is 5.54 Å². The number of likely N-dealkylation sites (N-methyl/N-ethyl adjacent to an activating group) is 1. The molecule has 1 N–H and O–H groups in total. The second-order valence-electron chi connectivity index (χ2n) is 5.64. The first kappa shape index (κ1) is 14.0. The Balaban J connectivity index is 2.84. The molecule has 0 aromatic rings. The minimum Gasteiger partial charge on any atom is -0.479 e. The second-order valence-corrected chi connectivity index (χ2v) is 5.64. The maximum Gasteiger partial charge on any atom is 0.329 e. The molecule has 0 heterocycles. The van der Waals surface area contributed by atoms with E-state index < -0.39 is 11.5 Å². The molecule has 1 amide bonds. The van der Waals surface area contributed by atoms with Gasteiger partial charge in [0.25, 0.3) is 0 Å². The molecule has 2 unspecified atom stereocenters. The zero-order valence-corrected chi connectivity index (χ0v) is 11.0. The van der Waals surface area contributed by atoms with E-state index in [0.29, 0.717) is 31.1 Å². The van der Waals surface area contributed by atoms with Crippen molar-refractivity contribution in [3.05, 3.63) is 0 Å². The molecule has 2 atom stereocenters. The number of carbonyl (C=O) groups excluding carboxylic acids is 1. The molecule has 98 valence electrons. The Hall–Kier alpha value is -1.06. The van der Waals surface area contributed by atoms with Crippen molar-refractivity contribution in [2.75, 3.05) is 7.05 Å². The van der Waals surface area contributed by atoms with Crippen molar-refractivity contribution in [2.24, 2.45) is 11.8 Å². The number of rotatable bonds is 5. The molecule has 1 aliphatic rings. The predicted molar refractivity (Wildman–Crippen MR) is 65.6 cm³/mol. The summed E-state index contributed by atoms with van der Waals surface area (Å²) in [4.78, 5) is 23.8. The van der Waals surface area contributed by atoms with E-state index >= 15 is 0 Å². The molecule has 0 spiro atoms. The molecule has 0 bridgehead atoms. The van der Waals surface area contributed by atoms with Gasteiger partial charge in [-0.2, -0.15) is 0 Å². The second kappa shape index (κ2) is 5.52. The Morgan fingerprint density at radius 1 is 1.59 bits per heavy atom. The lowest BCUT2D eigenvalue weighted by Crippen LogP contribution is -2.55. The third-order valence-corrected chi connectivity index (χ3v) is 3.87. The lowest BCUT2D eigenvalue weighted by molar-refractivity contribution is -0.157. The first-order valence-corrected chi connectivity index (χ1v) is 6.34. The fraction of sp³-hybridized carbons (Fsp3) is 0.846. The topological polar surface area (TPSA) is 57.6 Å². The maximum atomic E-state index is 11.5. The number of carbonyl (C=O) groups is 2. The Kier molecular flexibility index (Phi) is 4.54. The Morgan fingerprint density at radius 2 is 2.24 bits per heavy atom. The Labute approximate surface area is 103 Å². The minimum atomic E-state index is -0.973. The third-order valence-electron chi connectivity index (χ3n) is 3.87. The summed E-state index contributed by atoms with van der Waals surface area (Å²) in [5.74, 6) is 0.133. The molecule has 0 aromatic carbocycles. The van der Waals surface area contributed by atoms with Crippen molar-refractivity contribution in [1.82, 2.24) is 4.90 Å². The summed E-state index contributed by atoms with van der Waals surface area (Å²) in [6, 6.07) is 0. The van der Waals surface area contributed by atoms with Crippen molar-refractivity contribution in [1.29, 1.82) is 0 Å². The molecular weight excluding hydrogens is 218 g/mol. The summed E-state index contributed by atoms with van der Waals surface area (Å²) in [5.41, 5.74) is -0.973. The van der Waals surface area contributed by atoms with Crippen molar-refractivity contribution in [2.45, 2.75) is 51.5 Å². The molecule has 17 heavy (non-hydrogen) atoms. The summed E-state index contributed by atoms with van der Waals surface area (Å²) in [7, 11) is 1.58. The molecule has 0 aromatic heterocycles. The van der Waals surface area contributed by atoms with Crippen LogP contribution in [0.3, 0.4) is 0 Å². The number of hydrogen-bond acceptors (Lipinski definition) is 2. The molecule has 1 aliphatic carbocycles. The fourth-order valence-corrected chi connectivity index (χ4v) is 3.00. The van der Waals surface area contributed by atoms with Crippen LogP contribution in [0.1, 0.15) is 46.0 Å². The molecule has 4 heteroatoms. The average molecular weight is 241 g/mol. The van der Waals surface area contributed by atoms with Crippen LogP contribution in [0.4, 0.5) is 0 Å². The zero-order valence-electron chi connectivity index (χ0n) is 11.0. The van der Waals surface area contributed by atoms with Gasteiger partial charge in [-0.3, -0.25) is 4.79 Å². The fourth-order valence-electron chi connectivity index (χ4n) is 3.00. The Morgan fingerprint density at radius 3 is 2.71 bits per heavy atom. The monoisotopic (exact) mass is 241 g/mol. The molecule has 1 fully saturated rings. The van der Waals surface area contributed by atoms with Crippen LogP contribution in [0.25, 0.3) is 0 Å². The van der Waals surface area contributed by atoms with Gasteiger partial charge < -0.3 is 10.0 Å². The molecule has 4 nitrogen and oxygen atoms in total. The van der Waals surface area contributed by atoms with Gasteiger partial charge in [-0.25, -0.2) is 4.79 Å². The van der Waals surface area contributed by atoms with Crippen LogP contribution < -0.4 is 0 Å². The first-order chi connectivity index (χ1) is 7.92. The van der Waals surface area contributed by atoms with Gasteiger partial charge in [0.15, 0.2) is 0 Å². The summed E-state index contributed by atoms with van der Waals surface area (Å²) in [5, 5.41) is 9.44. The predicted octanol–water partition coefficient (Wildman–Crippen LogP) is 2.13. The number of carboxylic acid groups (broad SMARTS) is 1. The average Bonchev–Trinajstić information content (AvgIpc) is 2.27. The number of amides is 1. The zero-order chi connectivity index (χ0) is 13.1. The first-order valence-electron chi connectivity index (χ1n) is 6.34. The van der Waals surface area contributed by atoms with E-state index in [9.17, 15) is 14.7 Å². The van der Waals surface area contributed by atoms with E-state index in [-0.39, 0.29) is 0 Å². The van der Waals surface area contributed by atoms with E-state index in [1.807, 2.05) is 0 Å². The highest BCUT2D eigenvalue weighted by molar-refractivity contribution is 5.81. The van der Waals surface area contributed by atoms with Gasteiger partial charge >= 0.3 is 5.97 Å².